The van der Waals surface area contributed by atoms with Crippen molar-refractivity contribution in [3.05, 3.63) is 29.3 Å². The molecule has 4 nitrogen and oxygen atoms in total. The molecule has 5 heteroatoms. The zero-order valence-electron chi connectivity index (χ0n) is 11.2. The SMILES string of the molecule is COCC(C)(C)NC(=O)c1cc(N)ccc1C.Cl. The van der Waals surface area contributed by atoms with E-state index in [2.05, 4.69) is 5.32 Å². The van der Waals surface area contributed by atoms with Crippen molar-refractivity contribution < 1.29 is 9.53 Å². The van der Waals surface area contributed by atoms with Gasteiger partial charge in [-0.15, -0.1) is 12.4 Å². The van der Waals surface area contributed by atoms with E-state index in [1.54, 1.807) is 19.2 Å². The number of hydrogen-bond acceptors (Lipinski definition) is 3. The van der Waals surface area contributed by atoms with Gasteiger partial charge in [0.1, 0.15) is 0 Å². The minimum atomic E-state index is -0.400. The second-order valence-electron chi connectivity index (χ2n) is 4.85. The van der Waals surface area contributed by atoms with Crippen molar-refractivity contribution in [3.63, 3.8) is 0 Å². The van der Waals surface area contributed by atoms with Crippen molar-refractivity contribution in [1.29, 1.82) is 0 Å². The number of ether oxygens (including phenoxy) is 1. The van der Waals surface area contributed by atoms with E-state index in [-0.39, 0.29) is 18.3 Å². The molecule has 0 aliphatic heterocycles. The highest BCUT2D eigenvalue weighted by atomic mass is 35.5. The Hall–Kier alpha value is -1.26. The van der Waals surface area contributed by atoms with Gasteiger partial charge in [-0.3, -0.25) is 4.79 Å². The number of nitrogens with two attached hydrogens (primary N) is 1. The number of amides is 1. The first-order valence-electron chi connectivity index (χ1n) is 5.53. The maximum absolute atomic E-state index is 12.1. The molecule has 0 fully saturated rings. The number of nitrogens with one attached hydrogen (secondary N) is 1. The highest BCUT2D eigenvalue weighted by Crippen LogP contribution is 2.14. The third-order valence-corrected chi connectivity index (χ3v) is 2.46. The first-order chi connectivity index (χ1) is 7.85. The number of carbonyl (C=O) groups is 1. The maximum Gasteiger partial charge on any atom is 0.252 e. The molecule has 1 amide bonds. The van der Waals surface area contributed by atoms with Crippen molar-refractivity contribution in [2.24, 2.45) is 0 Å². The molecule has 0 aromatic heterocycles. The van der Waals surface area contributed by atoms with Crippen LogP contribution in [0.2, 0.25) is 0 Å². The van der Waals surface area contributed by atoms with Crippen molar-refractivity contribution in [1.82, 2.24) is 5.32 Å². The molecule has 3 N–H and O–H groups in total. The summed E-state index contributed by atoms with van der Waals surface area (Å²) in [6, 6.07) is 5.31. The van der Waals surface area contributed by atoms with Gasteiger partial charge in [0.15, 0.2) is 0 Å². The second-order valence-corrected chi connectivity index (χ2v) is 4.85. The van der Waals surface area contributed by atoms with Crippen LogP contribution >= 0.6 is 12.4 Å². The average Bonchev–Trinajstić information content (AvgIpc) is 2.20. The van der Waals surface area contributed by atoms with E-state index in [1.807, 2.05) is 26.8 Å². The van der Waals surface area contributed by atoms with Crippen LogP contribution in [0.5, 0.6) is 0 Å². The van der Waals surface area contributed by atoms with E-state index in [4.69, 9.17) is 10.5 Å². The summed E-state index contributed by atoms with van der Waals surface area (Å²) in [6.07, 6.45) is 0. The fourth-order valence-electron chi connectivity index (χ4n) is 1.66. The monoisotopic (exact) mass is 272 g/mol. The summed E-state index contributed by atoms with van der Waals surface area (Å²) < 4.78 is 5.06. The molecule has 102 valence electrons. The third kappa shape index (κ3) is 4.55. The number of carbonyl (C=O) groups excluding carboxylic acids is 1. The minimum Gasteiger partial charge on any atom is -0.399 e. The van der Waals surface area contributed by atoms with Gasteiger partial charge < -0.3 is 15.8 Å². The normalized spacial score (nSPS) is 10.7. The molecule has 1 rings (SSSR count). The Labute approximate surface area is 114 Å². The number of nitrogen functional groups attached to an aromatic ring is 1. The van der Waals surface area contributed by atoms with Gasteiger partial charge in [-0.2, -0.15) is 0 Å². The summed E-state index contributed by atoms with van der Waals surface area (Å²) in [4.78, 5) is 12.1. The Bertz CT molecular complexity index is 419. The first kappa shape index (κ1) is 16.7. The predicted molar refractivity (Wildman–Crippen MR) is 76.3 cm³/mol. The molecule has 0 heterocycles. The zero-order valence-corrected chi connectivity index (χ0v) is 12.1. The fourth-order valence-corrected chi connectivity index (χ4v) is 1.66. The van der Waals surface area contributed by atoms with Crippen LogP contribution in [0.1, 0.15) is 29.8 Å². The predicted octanol–water partition coefficient (Wildman–Crippen LogP) is 2.15. The summed E-state index contributed by atoms with van der Waals surface area (Å²) in [7, 11) is 1.61. The lowest BCUT2D eigenvalue weighted by atomic mass is 10.0. The average molecular weight is 273 g/mol. The van der Waals surface area contributed by atoms with Crippen LogP contribution in [0.3, 0.4) is 0 Å². The molecular formula is C13H21ClN2O2. The number of halogens is 1. The summed E-state index contributed by atoms with van der Waals surface area (Å²) in [5, 5.41) is 2.92. The minimum absolute atomic E-state index is 0. The number of hydrogen-bond donors (Lipinski definition) is 2. The smallest absolute Gasteiger partial charge is 0.252 e. The number of benzene rings is 1. The molecule has 1 aromatic rings. The molecule has 0 radical (unpaired) electrons. The van der Waals surface area contributed by atoms with Crippen molar-refractivity contribution in [3.8, 4) is 0 Å². The van der Waals surface area contributed by atoms with Crippen molar-refractivity contribution in [2.75, 3.05) is 19.5 Å². The van der Waals surface area contributed by atoms with E-state index < -0.39 is 5.54 Å². The third-order valence-electron chi connectivity index (χ3n) is 2.46. The van der Waals surface area contributed by atoms with E-state index in [1.165, 1.54) is 0 Å². The molecule has 0 unspecified atom stereocenters. The summed E-state index contributed by atoms with van der Waals surface area (Å²) in [6.45, 7) is 6.17. The molecule has 0 aliphatic carbocycles. The Morgan fingerprint density at radius 1 is 1.44 bits per heavy atom. The first-order valence-corrected chi connectivity index (χ1v) is 5.53. The Balaban J connectivity index is 0.00000289. The van der Waals surface area contributed by atoms with Gasteiger partial charge in [-0.1, -0.05) is 6.07 Å². The van der Waals surface area contributed by atoms with Gasteiger partial charge in [0.2, 0.25) is 0 Å². The molecule has 18 heavy (non-hydrogen) atoms. The van der Waals surface area contributed by atoms with Gasteiger partial charge in [-0.05, 0) is 38.5 Å². The topological polar surface area (TPSA) is 64.3 Å². The van der Waals surface area contributed by atoms with Gasteiger partial charge in [-0.25, -0.2) is 0 Å². The van der Waals surface area contributed by atoms with Crippen LogP contribution in [-0.4, -0.2) is 25.2 Å². The molecule has 0 atom stereocenters. The van der Waals surface area contributed by atoms with Crippen LogP contribution in [0.25, 0.3) is 0 Å². The lowest BCUT2D eigenvalue weighted by Crippen LogP contribution is -2.46. The van der Waals surface area contributed by atoms with Gasteiger partial charge >= 0.3 is 0 Å². The Morgan fingerprint density at radius 3 is 2.61 bits per heavy atom. The molecule has 0 spiro atoms. The molecule has 0 saturated heterocycles. The number of methoxy groups -OCH3 is 1. The standard InChI is InChI=1S/C13H20N2O2.ClH/c1-9-5-6-10(14)7-11(9)12(16)15-13(2,3)8-17-4;/h5-7H,8,14H2,1-4H3,(H,15,16);1H. The summed E-state index contributed by atoms with van der Waals surface area (Å²) in [5.74, 6) is -0.128. The molecule has 0 bridgehead atoms. The van der Waals surface area contributed by atoms with Crippen LogP contribution in [-0.2, 0) is 4.74 Å². The second kappa shape index (κ2) is 6.61. The highest BCUT2D eigenvalue weighted by molar-refractivity contribution is 5.96. The van der Waals surface area contributed by atoms with Gasteiger partial charge in [0, 0.05) is 18.4 Å². The molecular weight excluding hydrogens is 252 g/mol. The van der Waals surface area contributed by atoms with E-state index in [9.17, 15) is 4.79 Å². The lowest BCUT2D eigenvalue weighted by molar-refractivity contribution is 0.0819. The Kier molecular flexibility index (Phi) is 6.15. The van der Waals surface area contributed by atoms with Gasteiger partial charge in [0.25, 0.3) is 5.91 Å². The van der Waals surface area contributed by atoms with Crippen molar-refractivity contribution in [2.45, 2.75) is 26.3 Å². The van der Waals surface area contributed by atoms with Crippen molar-refractivity contribution >= 4 is 24.0 Å². The molecule has 1 aromatic carbocycles. The lowest BCUT2D eigenvalue weighted by Gasteiger charge is -2.25. The van der Waals surface area contributed by atoms with Gasteiger partial charge in [0.05, 0.1) is 12.1 Å². The number of rotatable bonds is 4. The number of aryl methyl sites for hydroxylation is 1. The van der Waals surface area contributed by atoms with Crippen LogP contribution in [0.15, 0.2) is 18.2 Å². The highest BCUT2D eigenvalue weighted by Gasteiger charge is 2.21. The maximum atomic E-state index is 12.1. The largest absolute Gasteiger partial charge is 0.399 e. The van der Waals surface area contributed by atoms with E-state index >= 15 is 0 Å². The molecule has 0 aliphatic rings. The fraction of sp³-hybridized carbons (Fsp3) is 0.462. The zero-order chi connectivity index (χ0) is 13.1. The van der Waals surface area contributed by atoms with E-state index in [0.29, 0.717) is 17.9 Å². The summed E-state index contributed by atoms with van der Waals surface area (Å²) in [5.41, 5.74) is 7.38. The molecule has 0 saturated carbocycles. The van der Waals surface area contributed by atoms with Crippen LogP contribution < -0.4 is 11.1 Å². The summed E-state index contributed by atoms with van der Waals surface area (Å²) >= 11 is 0. The van der Waals surface area contributed by atoms with Crippen LogP contribution in [0, 0.1) is 6.92 Å². The number of anilines is 1. The quantitative estimate of drug-likeness (QED) is 0.826. The Morgan fingerprint density at radius 2 is 2.06 bits per heavy atom. The van der Waals surface area contributed by atoms with E-state index in [0.717, 1.165) is 5.56 Å². The van der Waals surface area contributed by atoms with Crippen LogP contribution in [0.4, 0.5) is 5.69 Å².